The summed E-state index contributed by atoms with van der Waals surface area (Å²) in [7, 11) is 3.06. The van der Waals surface area contributed by atoms with E-state index in [1.165, 1.54) is 19.0 Å². The molecule has 5 atom stereocenters. The molecule has 13 heteroatoms. The lowest BCUT2D eigenvalue weighted by atomic mass is 9.58. The third-order valence-corrected chi connectivity index (χ3v) is 9.45. The lowest BCUT2D eigenvalue weighted by molar-refractivity contribution is -0.148. The Morgan fingerprint density at radius 1 is 1.10 bits per heavy atom. The van der Waals surface area contributed by atoms with Crippen molar-refractivity contribution >= 4 is 29.1 Å². The summed E-state index contributed by atoms with van der Waals surface area (Å²) in [4.78, 5) is 55.6. The summed E-state index contributed by atoms with van der Waals surface area (Å²) >= 11 is 0. The van der Waals surface area contributed by atoms with Gasteiger partial charge in [0.05, 0.1) is 23.3 Å². The number of carbonyl (C=O) groups excluding carboxylic acids is 4. The van der Waals surface area contributed by atoms with Crippen molar-refractivity contribution in [3.63, 3.8) is 0 Å². The van der Waals surface area contributed by atoms with Crippen LogP contribution in [0.4, 0.5) is 10.1 Å². The number of aliphatic hydroxyl groups excluding tert-OH is 2. The molecule has 2 amide bonds. The lowest BCUT2D eigenvalue weighted by Gasteiger charge is -2.50. The second kappa shape index (κ2) is 9.10. The number of nitrogens with two attached hydrogens (primary N) is 1. The van der Waals surface area contributed by atoms with Crippen LogP contribution in [-0.4, -0.2) is 98.5 Å². The maximum Gasteiger partial charge on any atom is 0.255 e. The van der Waals surface area contributed by atoms with Crippen LogP contribution in [-0.2, 0) is 27.2 Å². The molecule has 0 saturated carbocycles. The summed E-state index contributed by atoms with van der Waals surface area (Å²) in [5, 5.41) is 47.6. The fourth-order valence-corrected chi connectivity index (χ4v) is 7.57. The highest BCUT2D eigenvalue weighted by molar-refractivity contribution is 6.25. The van der Waals surface area contributed by atoms with Gasteiger partial charge in [0.1, 0.15) is 22.9 Å². The van der Waals surface area contributed by atoms with Gasteiger partial charge in [0.2, 0.25) is 11.7 Å². The molecule has 6 rings (SSSR count). The van der Waals surface area contributed by atoms with Crippen molar-refractivity contribution in [3.8, 4) is 5.75 Å². The Hall–Kier alpha value is -3.81. The maximum atomic E-state index is 16.2. The van der Waals surface area contributed by atoms with Gasteiger partial charge in [-0.05, 0) is 58.8 Å². The van der Waals surface area contributed by atoms with Crippen molar-refractivity contribution in [2.24, 2.45) is 17.6 Å². The number of phenols is 1. The van der Waals surface area contributed by atoms with Gasteiger partial charge in [-0.15, -0.1) is 0 Å². The number of primary amides is 1. The smallest absolute Gasteiger partial charge is 0.255 e. The minimum atomic E-state index is -2.79. The number of carbonyl (C=O) groups is 4. The molecule has 3 aliphatic carbocycles. The molecule has 7 N–H and O–H groups in total. The van der Waals surface area contributed by atoms with Gasteiger partial charge < -0.3 is 31.5 Å². The van der Waals surface area contributed by atoms with E-state index in [0.717, 1.165) is 12.8 Å². The van der Waals surface area contributed by atoms with Crippen molar-refractivity contribution in [2.45, 2.75) is 49.8 Å². The molecule has 5 aliphatic rings. The summed E-state index contributed by atoms with van der Waals surface area (Å²) < 4.78 is 16.2. The molecule has 2 aliphatic heterocycles. The molecule has 41 heavy (non-hydrogen) atoms. The number of aliphatic hydroxyl groups is 3. The number of halogens is 1. The number of hydrogen-bond acceptors (Lipinski definition) is 10. The summed E-state index contributed by atoms with van der Waals surface area (Å²) in [6.07, 6.45) is 1.53. The van der Waals surface area contributed by atoms with Gasteiger partial charge in [0.15, 0.2) is 17.1 Å². The van der Waals surface area contributed by atoms with Crippen molar-refractivity contribution in [3.05, 3.63) is 45.2 Å². The second-order valence-electron chi connectivity index (χ2n) is 11.8. The molecule has 1 aromatic carbocycles. The molecule has 0 spiro atoms. The number of ketones is 2. The molecule has 1 aromatic rings. The molecule has 12 nitrogen and oxygen atoms in total. The van der Waals surface area contributed by atoms with Crippen LogP contribution in [0.2, 0.25) is 0 Å². The molecule has 218 valence electrons. The van der Waals surface area contributed by atoms with Crippen LogP contribution in [0.1, 0.15) is 40.7 Å². The second-order valence-corrected chi connectivity index (χ2v) is 11.8. The third kappa shape index (κ3) is 3.55. The summed E-state index contributed by atoms with van der Waals surface area (Å²) in [5.74, 6) is -9.32. The fourth-order valence-electron chi connectivity index (χ4n) is 7.57. The van der Waals surface area contributed by atoms with Crippen LogP contribution in [0, 0.1) is 17.7 Å². The van der Waals surface area contributed by atoms with Gasteiger partial charge in [-0.2, -0.15) is 0 Å². The highest BCUT2D eigenvalue weighted by Crippen LogP contribution is 2.54. The number of allylic oxidation sites excluding steroid dienone is 1. The first-order valence-electron chi connectivity index (χ1n) is 13.6. The minimum Gasteiger partial charge on any atom is -0.510 e. The van der Waals surface area contributed by atoms with E-state index in [2.05, 4.69) is 5.32 Å². The van der Waals surface area contributed by atoms with Gasteiger partial charge in [-0.25, -0.2) is 4.39 Å². The zero-order valence-corrected chi connectivity index (χ0v) is 22.5. The predicted molar refractivity (Wildman–Crippen MR) is 141 cm³/mol. The van der Waals surface area contributed by atoms with Gasteiger partial charge in [-0.1, -0.05) is 0 Å². The van der Waals surface area contributed by atoms with E-state index in [0.29, 0.717) is 13.1 Å². The Kier molecular flexibility index (Phi) is 6.07. The fraction of sp³-hybridized carbons (Fsp3) is 0.500. The third-order valence-electron chi connectivity index (χ3n) is 9.45. The first kappa shape index (κ1) is 27.4. The number of Topliss-reactive ketones (excluding diaryl/α,β-unsaturated/α-hetero) is 2. The number of likely N-dealkylation sites (N-methyl/N-ethyl adjacent to an activating group) is 1. The minimum absolute atomic E-state index is 0.00872. The molecular weight excluding hydrogens is 539 g/mol. The topological polar surface area (TPSA) is 194 Å². The number of likely N-dealkylation sites (tertiary alicyclic amines) is 1. The molecular formula is C28H31FN4O8. The number of aromatic hydroxyl groups is 1. The number of nitrogens with zero attached hydrogens (tertiary/aromatic N) is 2. The first-order valence-corrected chi connectivity index (χ1v) is 13.6. The van der Waals surface area contributed by atoms with Crippen LogP contribution in [0.15, 0.2) is 22.7 Å². The Balaban J connectivity index is 1.49. The van der Waals surface area contributed by atoms with Crippen LogP contribution in [0.5, 0.6) is 5.75 Å². The quantitative estimate of drug-likeness (QED) is 0.216. The number of fused-ring (bicyclic) bond motifs is 4. The Morgan fingerprint density at radius 3 is 2.37 bits per heavy atom. The Bertz CT molecular complexity index is 1510. The maximum absolute atomic E-state index is 16.2. The number of hydrogen-bond donors (Lipinski definition) is 6. The van der Waals surface area contributed by atoms with Crippen LogP contribution in [0.25, 0.3) is 0 Å². The monoisotopic (exact) mass is 570 g/mol. The van der Waals surface area contributed by atoms with E-state index in [4.69, 9.17) is 5.73 Å². The Labute approximate surface area is 233 Å². The molecule has 0 aromatic heterocycles. The average Bonchev–Trinajstić information content (AvgIpc) is 3.43. The molecule has 1 fully saturated rings. The molecule has 0 radical (unpaired) electrons. The van der Waals surface area contributed by atoms with Gasteiger partial charge in [0, 0.05) is 29.0 Å². The van der Waals surface area contributed by atoms with Crippen LogP contribution >= 0.6 is 0 Å². The summed E-state index contributed by atoms with van der Waals surface area (Å²) in [6, 6.07) is -1.76. The number of phenolic OH excluding ortho intramolecular Hbond substituents is 1. The Morgan fingerprint density at radius 2 is 1.76 bits per heavy atom. The van der Waals surface area contributed by atoms with Gasteiger partial charge >= 0.3 is 0 Å². The predicted octanol–water partition coefficient (Wildman–Crippen LogP) is 0.219. The normalized spacial score (nSPS) is 31.6. The van der Waals surface area contributed by atoms with Crippen LogP contribution < -0.4 is 11.1 Å². The largest absolute Gasteiger partial charge is 0.510 e. The zero-order valence-electron chi connectivity index (χ0n) is 22.5. The van der Waals surface area contributed by atoms with E-state index in [1.807, 2.05) is 4.90 Å². The molecule has 2 heterocycles. The highest BCUT2D eigenvalue weighted by atomic mass is 19.1. The zero-order chi connectivity index (χ0) is 29.7. The number of benzene rings is 1. The van der Waals surface area contributed by atoms with E-state index >= 15 is 4.39 Å². The lowest BCUT2D eigenvalue weighted by Crippen LogP contribution is -2.63. The number of nitrogens with one attached hydrogen (secondary N) is 1. The molecule has 0 bridgehead atoms. The summed E-state index contributed by atoms with van der Waals surface area (Å²) in [5.41, 5.74) is 0.561. The highest BCUT2D eigenvalue weighted by Gasteiger charge is 2.63. The van der Waals surface area contributed by atoms with E-state index in [1.54, 1.807) is 0 Å². The average molecular weight is 571 g/mol. The van der Waals surface area contributed by atoms with Crippen molar-refractivity contribution in [2.75, 3.05) is 32.5 Å². The summed E-state index contributed by atoms with van der Waals surface area (Å²) in [6.45, 7) is 1.38. The molecule has 1 saturated heterocycles. The SMILES string of the molecule is CN(C)[C@@H]1C(O)=C(C(N)=O)C(=O)[C@@]2(O)C(O)=C3C(=O)c4c(O)c5c(c(F)c4C[C@H]3C[C@@H]12)CC(N1CCCC1)C(=O)N5. The van der Waals surface area contributed by atoms with Crippen molar-refractivity contribution < 1.29 is 44.0 Å². The standard InChI is InChI=1S/C28H31FN4O8/c1-32(2)20-13-8-10-7-11-16(21(34)15(10)24(37)28(13,41)25(38)17(23(20)36)26(30)39)22(35)19-12(18(11)29)9-14(27(40)31-19)33-5-3-4-6-33/h10,13-14,20,35-37,41H,3-9H2,1-2H3,(H2,30,39)(H,31,40)/t10-,13-,14?,20-,28-/m0/s1. The first-order chi connectivity index (χ1) is 19.3. The van der Waals surface area contributed by atoms with E-state index in [-0.39, 0.29) is 36.1 Å². The molecule has 1 unspecified atom stereocenters. The number of anilines is 1. The number of amides is 2. The van der Waals surface area contributed by atoms with Crippen molar-refractivity contribution in [1.29, 1.82) is 0 Å². The van der Waals surface area contributed by atoms with Gasteiger partial charge in [-0.3, -0.25) is 29.0 Å². The van der Waals surface area contributed by atoms with Crippen LogP contribution in [0.3, 0.4) is 0 Å². The van der Waals surface area contributed by atoms with Gasteiger partial charge in [0.25, 0.3) is 5.91 Å². The van der Waals surface area contributed by atoms with E-state index in [9.17, 15) is 39.6 Å². The van der Waals surface area contributed by atoms with Crippen molar-refractivity contribution in [1.82, 2.24) is 9.80 Å². The van der Waals surface area contributed by atoms with E-state index < -0.39 is 92.7 Å². The number of rotatable bonds is 3.